The summed E-state index contributed by atoms with van der Waals surface area (Å²) in [7, 11) is 0. The average Bonchev–Trinajstić information content (AvgIpc) is 2.44. The zero-order chi connectivity index (χ0) is 16.4. The quantitative estimate of drug-likeness (QED) is 0.831. The molecule has 0 spiro atoms. The second-order valence-electron chi connectivity index (χ2n) is 6.63. The third-order valence-electron chi connectivity index (χ3n) is 4.81. The number of aromatic nitrogens is 1. The summed E-state index contributed by atoms with van der Waals surface area (Å²) in [5.41, 5.74) is 4.69. The number of fused-ring (bicyclic) bond motifs is 1. The molecule has 4 heteroatoms. The second kappa shape index (κ2) is 6.57. The van der Waals surface area contributed by atoms with Crippen LogP contribution in [0, 0.1) is 26.7 Å². The number of carbonyl (C=O) groups excluding carboxylic acids is 1. The number of nitrogens with zero attached hydrogens (tertiary/aromatic N) is 1. The maximum absolute atomic E-state index is 11.8. The Balaban J connectivity index is 1.62. The van der Waals surface area contributed by atoms with E-state index in [0.29, 0.717) is 13.1 Å². The molecule has 2 aromatic rings. The van der Waals surface area contributed by atoms with E-state index in [4.69, 9.17) is 4.98 Å². The number of nitrogens with one attached hydrogen (secondary N) is 2. The van der Waals surface area contributed by atoms with E-state index in [9.17, 15) is 4.79 Å². The van der Waals surface area contributed by atoms with Gasteiger partial charge in [0.1, 0.15) is 5.82 Å². The molecule has 1 saturated carbocycles. The number of rotatable bonds is 5. The van der Waals surface area contributed by atoms with E-state index in [0.717, 1.165) is 29.7 Å². The molecule has 1 heterocycles. The molecule has 0 atom stereocenters. The van der Waals surface area contributed by atoms with Crippen molar-refractivity contribution >= 4 is 22.6 Å². The number of carbonyl (C=O) groups is 1. The molecular weight excluding hydrogens is 286 g/mol. The lowest BCUT2D eigenvalue weighted by Gasteiger charge is -2.24. The Bertz CT molecular complexity index is 735. The molecule has 1 aromatic carbocycles. The molecule has 0 radical (unpaired) electrons. The van der Waals surface area contributed by atoms with Crippen LogP contribution >= 0.6 is 0 Å². The SMILES string of the molecule is Cc1cc2cc(C)c(NCCNC(=O)C3CCC3)nc2cc1C. The van der Waals surface area contributed by atoms with E-state index < -0.39 is 0 Å². The van der Waals surface area contributed by atoms with Gasteiger partial charge in [-0.3, -0.25) is 4.79 Å². The van der Waals surface area contributed by atoms with Gasteiger partial charge in [-0.1, -0.05) is 6.42 Å². The summed E-state index contributed by atoms with van der Waals surface area (Å²) in [4.78, 5) is 16.5. The van der Waals surface area contributed by atoms with Gasteiger partial charge in [0.15, 0.2) is 0 Å². The number of hydrogen-bond donors (Lipinski definition) is 2. The summed E-state index contributed by atoms with van der Waals surface area (Å²) in [5.74, 6) is 1.35. The molecule has 0 saturated heterocycles. The van der Waals surface area contributed by atoms with Gasteiger partial charge in [0, 0.05) is 24.4 Å². The molecule has 0 bridgehead atoms. The van der Waals surface area contributed by atoms with E-state index in [1.165, 1.54) is 22.9 Å². The van der Waals surface area contributed by atoms with Crippen LogP contribution in [0.25, 0.3) is 10.9 Å². The second-order valence-corrected chi connectivity index (χ2v) is 6.63. The Labute approximate surface area is 137 Å². The topological polar surface area (TPSA) is 54.0 Å². The molecule has 1 fully saturated rings. The molecule has 1 aromatic heterocycles. The number of benzene rings is 1. The summed E-state index contributed by atoms with van der Waals surface area (Å²) >= 11 is 0. The van der Waals surface area contributed by atoms with Crippen LogP contribution in [0.1, 0.15) is 36.0 Å². The van der Waals surface area contributed by atoms with Crippen LogP contribution in [0.3, 0.4) is 0 Å². The van der Waals surface area contributed by atoms with E-state index in [2.05, 4.69) is 49.6 Å². The largest absolute Gasteiger partial charge is 0.368 e. The first-order valence-corrected chi connectivity index (χ1v) is 8.45. The molecule has 1 aliphatic carbocycles. The zero-order valence-electron chi connectivity index (χ0n) is 14.2. The lowest BCUT2D eigenvalue weighted by atomic mass is 9.85. The van der Waals surface area contributed by atoms with E-state index in [1.807, 2.05) is 0 Å². The molecule has 23 heavy (non-hydrogen) atoms. The van der Waals surface area contributed by atoms with Crippen molar-refractivity contribution in [1.29, 1.82) is 0 Å². The highest BCUT2D eigenvalue weighted by Crippen LogP contribution is 2.26. The van der Waals surface area contributed by atoms with Gasteiger partial charge < -0.3 is 10.6 Å². The Kier molecular flexibility index (Phi) is 4.51. The fourth-order valence-corrected chi connectivity index (χ4v) is 2.91. The zero-order valence-corrected chi connectivity index (χ0v) is 14.2. The molecule has 1 amide bonds. The molecule has 0 aliphatic heterocycles. The van der Waals surface area contributed by atoms with Crippen LogP contribution in [0.2, 0.25) is 0 Å². The van der Waals surface area contributed by atoms with Gasteiger partial charge in [-0.05, 0) is 68.5 Å². The van der Waals surface area contributed by atoms with Crippen LogP contribution in [-0.2, 0) is 4.79 Å². The molecule has 2 N–H and O–H groups in total. The standard InChI is InChI=1S/C19H25N3O/c1-12-9-16-10-14(3)18(22-17(16)11-13(12)2)20-7-8-21-19(23)15-5-4-6-15/h9-11,15H,4-8H2,1-3H3,(H,20,22)(H,21,23). The van der Waals surface area contributed by atoms with Crippen LogP contribution in [-0.4, -0.2) is 24.0 Å². The number of amides is 1. The molecular formula is C19H25N3O. The van der Waals surface area contributed by atoms with Crippen molar-refractivity contribution in [2.45, 2.75) is 40.0 Å². The minimum atomic E-state index is 0.201. The molecule has 122 valence electrons. The molecule has 4 nitrogen and oxygen atoms in total. The minimum Gasteiger partial charge on any atom is -0.368 e. The fourth-order valence-electron chi connectivity index (χ4n) is 2.91. The van der Waals surface area contributed by atoms with Gasteiger partial charge in [0.25, 0.3) is 0 Å². The number of hydrogen-bond acceptors (Lipinski definition) is 3. The van der Waals surface area contributed by atoms with Crippen molar-refractivity contribution in [1.82, 2.24) is 10.3 Å². The van der Waals surface area contributed by atoms with Crippen LogP contribution in [0.4, 0.5) is 5.82 Å². The highest BCUT2D eigenvalue weighted by molar-refractivity contribution is 5.83. The predicted molar refractivity (Wildman–Crippen MR) is 94.8 cm³/mol. The smallest absolute Gasteiger partial charge is 0.223 e. The summed E-state index contributed by atoms with van der Waals surface area (Å²) in [6.45, 7) is 7.64. The summed E-state index contributed by atoms with van der Waals surface area (Å²) in [6.07, 6.45) is 3.28. The van der Waals surface area contributed by atoms with E-state index in [-0.39, 0.29) is 11.8 Å². The molecule has 1 aliphatic rings. The Hall–Kier alpha value is -2.10. The van der Waals surface area contributed by atoms with Crippen molar-refractivity contribution in [2.24, 2.45) is 5.92 Å². The predicted octanol–water partition coefficient (Wildman–Crippen LogP) is 3.49. The van der Waals surface area contributed by atoms with Crippen molar-refractivity contribution in [3.8, 4) is 0 Å². The van der Waals surface area contributed by atoms with Crippen LogP contribution in [0.5, 0.6) is 0 Å². The van der Waals surface area contributed by atoms with Crippen LogP contribution in [0.15, 0.2) is 18.2 Å². The Morgan fingerprint density at radius 3 is 2.48 bits per heavy atom. The summed E-state index contributed by atoms with van der Waals surface area (Å²) in [6, 6.07) is 6.49. The van der Waals surface area contributed by atoms with Gasteiger partial charge in [-0.15, -0.1) is 0 Å². The number of anilines is 1. The normalized spacial score (nSPS) is 14.6. The highest BCUT2D eigenvalue weighted by atomic mass is 16.1. The van der Waals surface area contributed by atoms with Crippen LogP contribution < -0.4 is 10.6 Å². The van der Waals surface area contributed by atoms with Gasteiger partial charge in [0.05, 0.1) is 5.52 Å². The fraction of sp³-hybridized carbons (Fsp3) is 0.474. The van der Waals surface area contributed by atoms with Gasteiger partial charge in [0.2, 0.25) is 5.91 Å². The van der Waals surface area contributed by atoms with Crippen molar-refractivity contribution in [3.05, 3.63) is 34.9 Å². The van der Waals surface area contributed by atoms with E-state index >= 15 is 0 Å². The molecule has 0 unspecified atom stereocenters. The van der Waals surface area contributed by atoms with E-state index in [1.54, 1.807) is 0 Å². The van der Waals surface area contributed by atoms with Crippen molar-refractivity contribution in [3.63, 3.8) is 0 Å². The third-order valence-corrected chi connectivity index (χ3v) is 4.81. The third kappa shape index (κ3) is 3.46. The lowest BCUT2D eigenvalue weighted by Crippen LogP contribution is -2.37. The Morgan fingerprint density at radius 1 is 1.09 bits per heavy atom. The number of aryl methyl sites for hydroxylation is 3. The first kappa shape index (κ1) is 15.8. The number of pyridine rings is 1. The maximum atomic E-state index is 11.8. The average molecular weight is 311 g/mol. The monoisotopic (exact) mass is 311 g/mol. The highest BCUT2D eigenvalue weighted by Gasteiger charge is 2.24. The lowest BCUT2D eigenvalue weighted by molar-refractivity contribution is -0.127. The first-order valence-electron chi connectivity index (χ1n) is 8.45. The van der Waals surface area contributed by atoms with Crippen molar-refractivity contribution in [2.75, 3.05) is 18.4 Å². The van der Waals surface area contributed by atoms with Gasteiger partial charge >= 0.3 is 0 Å². The molecule has 3 rings (SSSR count). The van der Waals surface area contributed by atoms with Crippen molar-refractivity contribution < 1.29 is 4.79 Å². The maximum Gasteiger partial charge on any atom is 0.223 e. The van der Waals surface area contributed by atoms with Gasteiger partial charge in [-0.25, -0.2) is 4.98 Å². The minimum absolute atomic E-state index is 0.201. The summed E-state index contributed by atoms with van der Waals surface area (Å²) in [5, 5.41) is 7.52. The summed E-state index contributed by atoms with van der Waals surface area (Å²) < 4.78 is 0. The van der Waals surface area contributed by atoms with Gasteiger partial charge in [-0.2, -0.15) is 0 Å². The Morgan fingerprint density at radius 2 is 1.78 bits per heavy atom. The first-order chi connectivity index (χ1) is 11.0.